The van der Waals surface area contributed by atoms with Gasteiger partial charge in [0.15, 0.2) is 0 Å². The first kappa shape index (κ1) is 21.2. The van der Waals surface area contributed by atoms with E-state index < -0.39 is 0 Å². The molecule has 29 heavy (non-hydrogen) atoms. The third-order valence-electron chi connectivity index (χ3n) is 9.67. The minimum Gasteiger partial charge on any atom is -0.466 e. The number of hydrogen-bond acceptors (Lipinski definition) is 3. The highest BCUT2D eigenvalue weighted by Crippen LogP contribution is 2.66. The van der Waals surface area contributed by atoms with Crippen molar-refractivity contribution in [3.8, 4) is 0 Å². The third-order valence-corrected chi connectivity index (χ3v) is 9.67. The second-order valence-electron chi connectivity index (χ2n) is 11.5. The molecule has 162 valence electrons. The molecule has 4 aliphatic carbocycles. The number of aliphatic hydroxyl groups is 1. The molecule has 3 heteroatoms. The van der Waals surface area contributed by atoms with Gasteiger partial charge in [-0.3, -0.25) is 4.79 Å². The highest BCUT2D eigenvalue weighted by atomic mass is 16.5. The van der Waals surface area contributed by atoms with Gasteiger partial charge < -0.3 is 9.84 Å². The zero-order valence-electron chi connectivity index (χ0n) is 19.3. The van der Waals surface area contributed by atoms with Crippen molar-refractivity contribution in [2.45, 2.75) is 92.6 Å². The summed E-state index contributed by atoms with van der Waals surface area (Å²) in [6.45, 7) is 13.8. The number of esters is 1. The fraction of sp³-hybridized carbons (Fsp3) is 0.808. The Balaban J connectivity index is 1.64. The molecule has 0 aliphatic heterocycles. The van der Waals surface area contributed by atoms with Gasteiger partial charge in [0, 0.05) is 6.92 Å². The molecule has 1 N–H and O–H groups in total. The number of carbonyl (C=O) groups excluding carboxylic acids is 1. The summed E-state index contributed by atoms with van der Waals surface area (Å²) in [6, 6.07) is 0. The normalized spacial score (nSPS) is 41.8. The maximum Gasteiger partial charge on any atom is 0.302 e. The summed E-state index contributed by atoms with van der Waals surface area (Å²) in [5.74, 6) is 1.34. The van der Waals surface area contributed by atoms with Crippen molar-refractivity contribution in [2.24, 2.45) is 34.0 Å². The lowest BCUT2D eigenvalue weighted by molar-refractivity contribution is -0.143. The van der Waals surface area contributed by atoms with E-state index in [4.69, 9.17) is 4.74 Å². The predicted molar refractivity (Wildman–Crippen MR) is 116 cm³/mol. The maximum absolute atomic E-state index is 11.3. The van der Waals surface area contributed by atoms with E-state index in [1.54, 1.807) is 16.7 Å². The number of fused-ring (bicyclic) bond motifs is 4. The molecule has 0 spiro atoms. The van der Waals surface area contributed by atoms with Gasteiger partial charge in [-0.1, -0.05) is 46.3 Å². The molecule has 0 heterocycles. The average molecular weight is 401 g/mol. The quantitative estimate of drug-likeness (QED) is 0.607. The first-order valence-corrected chi connectivity index (χ1v) is 11.8. The zero-order chi connectivity index (χ0) is 21.2. The van der Waals surface area contributed by atoms with Crippen LogP contribution in [0.2, 0.25) is 0 Å². The van der Waals surface area contributed by atoms with Crippen LogP contribution in [0.4, 0.5) is 0 Å². The Morgan fingerprint density at radius 1 is 1.17 bits per heavy atom. The van der Waals surface area contributed by atoms with Gasteiger partial charge in [-0.25, -0.2) is 0 Å². The summed E-state index contributed by atoms with van der Waals surface area (Å²) in [5.41, 5.74) is 5.43. The van der Waals surface area contributed by atoms with E-state index in [0.717, 1.165) is 25.7 Å². The smallest absolute Gasteiger partial charge is 0.302 e. The molecule has 1 fully saturated rings. The van der Waals surface area contributed by atoms with Crippen molar-refractivity contribution in [2.75, 3.05) is 6.61 Å². The minimum atomic E-state index is -0.172. The number of aliphatic hydroxyl groups excluding tert-OH is 1. The van der Waals surface area contributed by atoms with E-state index in [2.05, 4.69) is 40.7 Å². The van der Waals surface area contributed by atoms with Gasteiger partial charge in [0.05, 0.1) is 12.7 Å². The first-order chi connectivity index (χ1) is 13.5. The van der Waals surface area contributed by atoms with Crippen LogP contribution in [0.1, 0.15) is 86.5 Å². The molecule has 1 saturated carbocycles. The van der Waals surface area contributed by atoms with Crippen LogP contribution in [0.5, 0.6) is 0 Å². The van der Waals surface area contributed by atoms with Gasteiger partial charge in [0.1, 0.15) is 0 Å². The molecular weight excluding hydrogens is 360 g/mol. The van der Waals surface area contributed by atoms with Crippen LogP contribution in [0.3, 0.4) is 0 Å². The Morgan fingerprint density at radius 3 is 2.59 bits per heavy atom. The lowest BCUT2D eigenvalue weighted by Crippen LogP contribution is -2.53. The largest absolute Gasteiger partial charge is 0.466 e. The lowest BCUT2D eigenvalue weighted by atomic mass is 9.46. The van der Waals surface area contributed by atoms with Crippen LogP contribution < -0.4 is 0 Å². The predicted octanol–water partition coefficient (Wildman–Crippen LogP) is 5.83. The molecule has 0 radical (unpaired) electrons. The van der Waals surface area contributed by atoms with Crippen LogP contribution in [-0.4, -0.2) is 23.8 Å². The summed E-state index contributed by atoms with van der Waals surface area (Å²) in [5, 5.41) is 10.7. The monoisotopic (exact) mass is 400 g/mol. The Bertz CT molecular complexity index is 760. The van der Waals surface area contributed by atoms with Crippen molar-refractivity contribution in [3.05, 3.63) is 22.8 Å². The van der Waals surface area contributed by atoms with E-state index >= 15 is 0 Å². The molecular formula is C26H40O3. The minimum absolute atomic E-state index is 0.00256. The van der Waals surface area contributed by atoms with Crippen molar-refractivity contribution >= 4 is 5.97 Å². The van der Waals surface area contributed by atoms with Gasteiger partial charge in [0.25, 0.3) is 0 Å². The van der Waals surface area contributed by atoms with E-state index in [-0.39, 0.29) is 28.3 Å². The summed E-state index contributed by atoms with van der Waals surface area (Å²) in [4.78, 5) is 11.3. The Labute approximate surface area is 177 Å². The molecule has 0 aromatic heterocycles. The molecule has 0 saturated heterocycles. The zero-order valence-corrected chi connectivity index (χ0v) is 19.3. The fourth-order valence-electron chi connectivity index (χ4n) is 7.94. The van der Waals surface area contributed by atoms with Gasteiger partial charge >= 0.3 is 5.97 Å². The standard InChI is InChI=1S/C26H40O3/c1-16(15-29-17(2)27)19-8-9-20-18-7-10-22-24(3,4)23(28)12-14-26(22,6)21(18)11-13-25(19,20)5/h9,16,19,22-23,28H,7-8,10-15H2,1-6H3/t16-,19-,22+,23+,25-,26-/m1/s1. The number of hydrogen-bond donors (Lipinski definition) is 1. The van der Waals surface area contributed by atoms with Crippen LogP contribution in [0, 0.1) is 34.0 Å². The molecule has 4 aliphatic rings. The molecule has 0 amide bonds. The molecule has 0 aromatic carbocycles. The van der Waals surface area contributed by atoms with E-state index in [1.807, 2.05) is 0 Å². The lowest BCUT2D eigenvalue weighted by Gasteiger charge is -2.59. The van der Waals surface area contributed by atoms with Crippen molar-refractivity contribution in [1.82, 2.24) is 0 Å². The van der Waals surface area contributed by atoms with Crippen LogP contribution in [0.15, 0.2) is 22.8 Å². The summed E-state index contributed by atoms with van der Waals surface area (Å²) < 4.78 is 5.37. The SMILES string of the molecule is CC(=O)OC[C@@H](C)[C@H]1CC=C2C3=C(CC[C@@]21C)[C@@]1(C)CC[C@H](O)C(C)(C)[C@@H]1CC3. The van der Waals surface area contributed by atoms with Crippen molar-refractivity contribution < 1.29 is 14.6 Å². The number of allylic oxidation sites excluding steroid dienone is 4. The molecule has 0 unspecified atom stereocenters. The maximum atomic E-state index is 11.3. The summed E-state index contributed by atoms with van der Waals surface area (Å²) >= 11 is 0. The van der Waals surface area contributed by atoms with Crippen molar-refractivity contribution in [1.29, 1.82) is 0 Å². The van der Waals surface area contributed by atoms with Gasteiger partial charge in [-0.15, -0.1) is 0 Å². The first-order valence-electron chi connectivity index (χ1n) is 11.8. The molecule has 0 aromatic rings. The second-order valence-corrected chi connectivity index (χ2v) is 11.5. The van der Waals surface area contributed by atoms with Gasteiger partial charge in [-0.05, 0) is 90.1 Å². The van der Waals surface area contributed by atoms with Crippen LogP contribution >= 0.6 is 0 Å². The highest BCUT2D eigenvalue weighted by Gasteiger charge is 2.57. The fourth-order valence-corrected chi connectivity index (χ4v) is 7.94. The third kappa shape index (κ3) is 3.06. The van der Waals surface area contributed by atoms with Gasteiger partial charge in [0.2, 0.25) is 0 Å². The topological polar surface area (TPSA) is 46.5 Å². The Hall–Kier alpha value is -1.09. The number of carbonyl (C=O) groups is 1. The number of rotatable bonds is 3. The molecule has 4 rings (SSSR count). The van der Waals surface area contributed by atoms with E-state index in [0.29, 0.717) is 24.4 Å². The molecule has 3 nitrogen and oxygen atoms in total. The summed E-state index contributed by atoms with van der Waals surface area (Å²) in [7, 11) is 0. The van der Waals surface area contributed by atoms with E-state index in [1.165, 1.54) is 26.2 Å². The van der Waals surface area contributed by atoms with Crippen LogP contribution in [0.25, 0.3) is 0 Å². The number of ether oxygens (including phenoxy) is 1. The molecule has 0 bridgehead atoms. The summed E-state index contributed by atoms with van der Waals surface area (Å²) in [6.07, 6.45) is 10.3. The van der Waals surface area contributed by atoms with Crippen LogP contribution in [-0.2, 0) is 9.53 Å². The highest BCUT2D eigenvalue weighted by molar-refractivity contribution is 5.65. The van der Waals surface area contributed by atoms with Crippen molar-refractivity contribution in [3.63, 3.8) is 0 Å². The van der Waals surface area contributed by atoms with E-state index in [9.17, 15) is 9.90 Å². The molecule has 6 atom stereocenters. The Kier molecular flexibility index (Phi) is 5.08. The van der Waals surface area contributed by atoms with Gasteiger partial charge in [-0.2, -0.15) is 0 Å². The second kappa shape index (κ2) is 6.97. The Morgan fingerprint density at radius 2 is 1.90 bits per heavy atom. The average Bonchev–Trinajstić information content (AvgIpc) is 3.00.